The van der Waals surface area contributed by atoms with Crippen molar-refractivity contribution < 1.29 is 28.3 Å². The largest absolute Gasteiger partial charge is 0.481 e. The maximum atomic E-state index is 15.3. The molecule has 180 valence electrons. The number of benzene rings is 1. The highest BCUT2D eigenvalue weighted by molar-refractivity contribution is 5.81. The number of carbonyl (C=O) groups is 2. The average molecular weight is 462 g/mol. The minimum absolute atomic E-state index is 0.00256. The molecule has 1 aromatic heterocycles. The van der Waals surface area contributed by atoms with E-state index in [4.69, 9.17) is 9.26 Å². The molecule has 1 amide bonds. The van der Waals surface area contributed by atoms with Crippen molar-refractivity contribution in [3.63, 3.8) is 0 Å². The number of aryl methyl sites for hydroxylation is 1. The van der Waals surface area contributed by atoms with Gasteiger partial charge in [0.2, 0.25) is 11.7 Å². The van der Waals surface area contributed by atoms with Crippen molar-refractivity contribution in [3.8, 4) is 11.4 Å². The van der Waals surface area contributed by atoms with Gasteiger partial charge in [-0.3, -0.25) is 4.79 Å². The van der Waals surface area contributed by atoms with Crippen LogP contribution >= 0.6 is 0 Å². The Morgan fingerprint density at radius 2 is 1.88 bits per heavy atom. The molecule has 2 aromatic rings. The van der Waals surface area contributed by atoms with E-state index >= 15 is 4.39 Å². The van der Waals surface area contributed by atoms with E-state index < -0.39 is 29.4 Å². The van der Waals surface area contributed by atoms with Crippen molar-refractivity contribution in [1.29, 1.82) is 0 Å². The number of hydrogen-bond donors (Lipinski definition) is 1. The molecule has 0 saturated carbocycles. The van der Waals surface area contributed by atoms with Gasteiger partial charge in [0.25, 0.3) is 0 Å². The van der Waals surface area contributed by atoms with Crippen LogP contribution in [0.15, 0.2) is 16.7 Å². The van der Waals surface area contributed by atoms with Crippen LogP contribution in [-0.2, 0) is 9.53 Å². The number of aliphatic carboxylic acids is 1. The summed E-state index contributed by atoms with van der Waals surface area (Å²) in [6.07, 6.45) is 0.492. The second kappa shape index (κ2) is 9.49. The number of halogens is 1. The molecule has 1 saturated heterocycles. The van der Waals surface area contributed by atoms with Crippen molar-refractivity contribution in [1.82, 2.24) is 15.0 Å². The summed E-state index contributed by atoms with van der Waals surface area (Å²) in [5, 5.41) is 14.1. The van der Waals surface area contributed by atoms with Gasteiger partial charge in [-0.15, -0.1) is 0 Å². The lowest BCUT2D eigenvalue weighted by molar-refractivity contribution is -0.140. The summed E-state index contributed by atoms with van der Waals surface area (Å²) in [5.74, 6) is -2.60. The molecule has 0 radical (unpaired) electrons. The van der Waals surface area contributed by atoms with Gasteiger partial charge < -0.3 is 19.3 Å². The molecule has 33 heavy (non-hydrogen) atoms. The highest BCUT2D eigenvalue weighted by Gasteiger charge is 2.37. The molecular weight excluding hydrogens is 429 g/mol. The normalized spacial score (nSPS) is 16.2. The van der Waals surface area contributed by atoms with Gasteiger partial charge in [-0.2, -0.15) is 4.98 Å². The lowest BCUT2D eigenvalue weighted by Crippen LogP contribution is -2.43. The SMILES string of the molecule is Cc1nc(-c2c(F)cc(C(C)C)cc2C(C(=O)O)C2CCN(C(=O)OC(C)(C)C)CC2)no1. The predicted molar refractivity (Wildman–Crippen MR) is 119 cm³/mol. The van der Waals surface area contributed by atoms with Gasteiger partial charge in [-0.05, 0) is 62.6 Å². The average Bonchev–Trinajstić information content (AvgIpc) is 3.12. The van der Waals surface area contributed by atoms with Crippen LogP contribution in [0.2, 0.25) is 0 Å². The molecule has 0 bridgehead atoms. The van der Waals surface area contributed by atoms with E-state index in [9.17, 15) is 14.7 Å². The fourth-order valence-electron chi connectivity index (χ4n) is 4.20. The van der Waals surface area contributed by atoms with Crippen LogP contribution in [0.3, 0.4) is 0 Å². The monoisotopic (exact) mass is 461 g/mol. The number of rotatable bonds is 5. The van der Waals surface area contributed by atoms with E-state index in [1.54, 1.807) is 38.7 Å². The van der Waals surface area contributed by atoms with Gasteiger partial charge in [-0.25, -0.2) is 9.18 Å². The van der Waals surface area contributed by atoms with Crippen LogP contribution in [0.1, 0.15) is 76.3 Å². The minimum atomic E-state index is -1.05. The maximum Gasteiger partial charge on any atom is 0.410 e. The summed E-state index contributed by atoms with van der Waals surface area (Å²) in [5.41, 5.74) is 0.481. The Kier molecular flexibility index (Phi) is 7.09. The Morgan fingerprint density at radius 1 is 1.24 bits per heavy atom. The third-order valence-corrected chi connectivity index (χ3v) is 5.82. The van der Waals surface area contributed by atoms with Crippen molar-refractivity contribution in [2.75, 3.05) is 13.1 Å². The van der Waals surface area contributed by atoms with Gasteiger partial charge >= 0.3 is 12.1 Å². The first-order valence-corrected chi connectivity index (χ1v) is 11.2. The standard InChI is InChI=1S/C24H32FN3O5/c1-13(2)16-11-17(20(18(25)12-16)21-26-14(3)33-27-21)19(22(29)30)15-7-9-28(10-8-15)23(31)32-24(4,5)6/h11-13,15,19H,7-10H2,1-6H3,(H,29,30). The van der Waals surface area contributed by atoms with Gasteiger partial charge in [0.1, 0.15) is 11.4 Å². The molecule has 1 fully saturated rings. The fraction of sp³-hybridized carbons (Fsp3) is 0.583. The number of aromatic nitrogens is 2. The number of carbonyl (C=O) groups excluding carboxylic acids is 1. The number of likely N-dealkylation sites (tertiary alicyclic amines) is 1. The van der Waals surface area contributed by atoms with Crippen LogP contribution in [0.25, 0.3) is 11.4 Å². The highest BCUT2D eigenvalue weighted by Crippen LogP contribution is 2.40. The summed E-state index contributed by atoms with van der Waals surface area (Å²) in [6.45, 7) is 11.6. The van der Waals surface area contributed by atoms with Crippen molar-refractivity contribution in [3.05, 3.63) is 35.0 Å². The molecule has 8 nitrogen and oxygen atoms in total. The van der Waals surface area contributed by atoms with E-state index in [1.165, 1.54) is 6.07 Å². The number of carboxylic acid groups (broad SMARTS) is 1. The smallest absolute Gasteiger partial charge is 0.410 e. The molecule has 1 aliphatic rings. The zero-order valence-corrected chi connectivity index (χ0v) is 20.0. The van der Waals surface area contributed by atoms with Crippen molar-refractivity contribution >= 4 is 12.1 Å². The molecule has 1 atom stereocenters. The number of ether oxygens (including phenoxy) is 1. The number of amides is 1. The summed E-state index contributed by atoms with van der Waals surface area (Å²) >= 11 is 0. The van der Waals surface area contributed by atoms with Crippen molar-refractivity contribution in [2.45, 2.75) is 71.8 Å². The minimum Gasteiger partial charge on any atom is -0.481 e. The summed E-state index contributed by atoms with van der Waals surface area (Å²) < 4.78 is 25.8. The Balaban J connectivity index is 1.95. The molecule has 3 rings (SSSR count). The van der Waals surface area contributed by atoms with Crippen LogP contribution < -0.4 is 0 Å². The van der Waals surface area contributed by atoms with E-state index in [0.717, 1.165) is 0 Å². The number of hydrogen-bond acceptors (Lipinski definition) is 6. The van der Waals surface area contributed by atoms with Crippen LogP contribution in [-0.4, -0.2) is 50.9 Å². The number of piperidine rings is 1. The van der Waals surface area contributed by atoms with Crippen LogP contribution in [0.5, 0.6) is 0 Å². The molecule has 0 spiro atoms. The Hall–Kier alpha value is -2.97. The number of nitrogens with zero attached hydrogens (tertiary/aromatic N) is 3. The molecular formula is C24H32FN3O5. The summed E-state index contributed by atoms with van der Waals surface area (Å²) in [4.78, 5) is 30.6. The van der Waals surface area contributed by atoms with E-state index in [2.05, 4.69) is 10.1 Å². The molecule has 2 heterocycles. The van der Waals surface area contributed by atoms with Crippen molar-refractivity contribution in [2.24, 2.45) is 5.92 Å². The number of carboxylic acids is 1. The van der Waals surface area contributed by atoms with E-state index in [-0.39, 0.29) is 29.1 Å². The molecule has 1 aliphatic heterocycles. The van der Waals surface area contributed by atoms with Gasteiger partial charge in [-0.1, -0.05) is 25.1 Å². The van der Waals surface area contributed by atoms with Crippen LogP contribution in [0, 0.1) is 18.7 Å². The highest BCUT2D eigenvalue weighted by atomic mass is 19.1. The molecule has 1 N–H and O–H groups in total. The molecule has 9 heteroatoms. The molecule has 1 unspecified atom stereocenters. The summed E-state index contributed by atoms with van der Waals surface area (Å²) in [7, 11) is 0. The predicted octanol–water partition coefficient (Wildman–Crippen LogP) is 5.12. The quantitative estimate of drug-likeness (QED) is 0.658. The Labute approximate surface area is 193 Å². The first-order chi connectivity index (χ1) is 15.4. The second-order valence-electron chi connectivity index (χ2n) is 9.88. The third kappa shape index (κ3) is 5.69. The zero-order valence-electron chi connectivity index (χ0n) is 20.0. The first-order valence-electron chi connectivity index (χ1n) is 11.2. The second-order valence-corrected chi connectivity index (χ2v) is 9.88. The van der Waals surface area contributed by atoms with Crippen LogP contribution in [0.4, 0.5) is 9.18 Å². The topological polar surface area (TPSA) is 106 Å². The fourth-order valence-corrected chi connectivity index (χ4v) is 4.20. The Morgan fingerprint density at radius 3 is 2.36 bits per heavy atom. The first kappa shape index (κ1) is 24.7. The van der Waals surface area contributed by atoms with E-state index in [1.807, 2.05) is 13.8 Å². The molecule has 1 aromatic carbocycles. The molecule has 0 aliphatic carbocycles. The lowest BCUT2D eigenvalue weighted by atomic mass is 9.77. The van der Waals surface area contributed by atoms with Gasteiger partial charge in [0, 0.05) is 20.0 Å². The Bertz CT molecular complexity index is 1020. The summed E-state index contributed by atoms with van der Waals surface area (Å²) in [6, 6.07) is 3.15. The third-order valence-electron chi connectivity index (χ3n) is 5.82. The zero-order chi connectivity index (χ0) is 24.5. The van der Waals surface area contributed by atoms with E-state index in [0.29, 0.717) is 37.1 Å². The van der Waals surface area contributed by atoms with Gasteiger partial charge in [0.15, 0.2) is 0 Å². The lowest BCUT2D eigenvalue weighted by Gasteiger charge is -2.36. The van der Waals surface area contributed by atoms with Gasteiger partial charge in [0.05, 0.1) is 11.5 Å². The maximum absolute atomic E-state index is 15.3.